The average Bonchev–Trinajstić information content (AvgIpc) is 2.47. The van der Waals surface area contributed by atoms with E-state index in [-0.39, 0.29) is 5.91 Å². The van der Waals surface area contributed by atoms with Crippen LogP contribution in [0.3, 0.4) is 0 Å². The van der Waals surface area contributed by atoms with Crippen LogP contribution in [0.1, 0.15) is 24.2 Å². The number of carbonyl (C=O) groups excluding carboxylic acids is 1. The van der Waals surface area contributed by atoms with Gasteiger partial charge in [0, 0.05) is 22.3 Å². The maximum absolute atomic E-state index is 11.9. The maximum Gasteiger partial charge on any atom is 0.248 e. The first kappa shape index (κ1) is 15.3. The van der Waals surface area contributed by atoms with Crippen LogP contribution in [0.4, 0.5) is 5.69 Å². The molecule has 0 bridgehead atoms. The van der Waals surface area contributed by atoms with Crippen LogP contribution < -0.4 is 5.32 Å². The molecule has 3 nitrogen and oxygen atoms in total. The summed E-state index contributed by atoms with van der Waals surface area (Å²) in [5, 5.41) is 13.1. The van der Waals surface area contributed by atoms with Crippen molar-refractivity contribution in [2.75, 3.05) is 5.32 Å². The normalized spacial score (nSPS) is 12.3. The molecule has 2 N–H and O–H groups in total. The van der Waals surface area contributed by atoms with E-state index in [1.807, 2.05) is 24.3 Å². The van der Waals surface area contributed by atoms with Crippen molar-refractivity contribution in [3.8, 4) is 0 Å². The summed E-state index contributed by atoms with van der Waals surface area (Å²) >= 11 is 5.80. The molecule has 2 rings (SSSR count). The van der Waals surface area contributed by atoms with Gasteiger partial charge in [0.25, 0.3) is 0 Å². The molecule has 0 spiro atoms. The number of hydrogen-bond donors (Lipinski definition) is 2. The molecule has 0 aromatic heterocycles. The fourth-order valence-electron chi connectivity index (χ4n) is 1.90. The summed E-state index contributed by atoms with van der Waals surface area (Å²) in [7, 11) is 0. The minimum absolute atomic E-state index is 0.252. The van der Waals surface area contributed by atoms with Crippen molar-refractivity contribution in [1.29, 1.82) is 0 Å². The average molecular weight is 302 g/mol. The molecule has 0 saturated carbocycles. The lowest BCUT2D eigenvalue weighted by Crippen LogP contribution is -2.10. The molecular formula is C17H16ClNO2. The Bertz CT molecular complexity index is 648. The summed E-state index contributed by atoms with van der Waals surface area (Å²) in [4.78, 5) is 11.9. The Morgan fingerprint density at radius 1 is 1.19 bits per heavy atom. The number of carbonyl (C=O) groups is 1. The molecule has 0 fully saturated rings. The van der Waals surface area contributed by atoms with Gasteiger partial charge in [-0.2, -0.15) is 0 Å². The third-order valence-corrected chi connectivity index (χ3v) is 3.22. The molecule has 108 valence electrons. The molecule has 1 atom stereocenters. The van der Waals surface area contributed by atoms with Gasteiger partial charge in [0.2, 0.25) is 5.91 Å². The highest BCUT2D eigenvalue weighted by molar-refractivity contribution is 6.30. The Balaban J connectivity index is 2.07. The van der Waals surface area contributed by atoms with Crippen LogP contribution in [0.15, 0.2) is 54.6 Å². The smallest absolute Gasteiger partial charge is 0.248 e. The zero-order chi connectivity index (χ0) is 15.2. The first-order valence-corrected chi connectivity index (χ1v) is 6.95. The highest BCUT2D eigenvalue weighted by Gasteiger charge is 2.08. The van der Waals surface area contributed by atoms with Crippen molar-refractivity contribution in [3.05, 3.63) is 70.8 Å². The number of hydrogen-bond acceptors (Lipinski definition) is 2. The van der Waals surface area contributed by atoms with E-state index in [9.17, 15) is 9.90 Å². The Labute approximate surface area is 128 Å². The second-order valence-corrected chi connectivity index (χ2v) is 5.07. The summed E-state index contributed by atoms with van der Waals surface area (Å²) < 4.78 is 0. The van der Waals surface area contributed by atoms with Crippen LogP contribution >= 0.6 is 11.6 Å². The van der Waals surface area contributed by atoms with E-state index in [1.165, 1.54) is 6.08 Å². The van der Waals surface area contributed by atoms with E-state index >= 15 is 0 Å². The van der Waals surface area contributed by atoms with E-state index < -0.39 is 6.10 Å². The van der Waals surface area contributed by atoms with Gasteiger partial charge in [0.1, 0.15) is 0 Å². The molecule has 1 unspecified atom stereocenters. The molecular weight excluding hydrogens is 286 g/mol. The van der Waals surface area contributed by atoms with Crippen molar-refractivity contribution in [2.45, 2.75) is 13.0 Å². The summed E-state index contributed by atoms with van der Waals surface area (Å²) in [5.41, 5.74) is 2.18. The van der Waals surface area contributed by atoms with Crippen molar-refractivity contribution in [3.63, 3.8) is 0 Å². The van der Waals surface area contributed by atoms with E-state index in [2.05, 4.69) is 5.32 Å². The first-order valence-electron chi connectivity index (χ1n) is 6.58. The fraction of sp³-hybridized carbons (Fsp3) is 0.118. The molecule has 0 aliphatic rings. The van der Waals surface area contributed by atoms with Crippen LogP contribution in [0.2, 0.25) is 5.02 Å². The highest BCUT2D eigenvalue weighted by atomic mass is 35.5. The minimum atomic E-state index is -0.637. The zero-order valence-electron chi connectivity index (χ0n) is 11.6. The summed E-state index contributed by atoms with van der Waals surface area (Å²) in [6.07, 6.45) is 2.51. The van der Waals surface area contributed by atoms with Gasteiger partial charge in [0.05, 0.1) is 6.10 Å². The van der Waals surface area contributed by atoms with Gasteiger partial charge in [0.15, 0.2) is 0 Å². The third-order valence-electron chi connectivity index (χ3n) is 2.97. The predicted molar refractivity (Wildman–Crippen MR) is 86.2 cm³/mol. The van der Waals surface area contributed by atoms with E-state index in [4.69, 9.17) is 11.6 Å². The van der Waals surface area contributed by atoms with Gasteiger partial charge in [-0.15, -0.1) is 0 Å². The van der Waals surface area contributed by atoms with Gasteiger partial charge in [-0.25, -0.2) is 0 Å². The minimum Gasteiger partial charge on any atom is -0.389 e. The Morgan fingerprint density at radius 3 is 2.52 bits per heavy atom. The van der Waals surface area contributed by atoms with Crippen molar-refractivity contribution in [1.82, 2.24) is 0 Å². The molecule has 0 aliphatic carbocycles. The summed E-state index contributed by atoms with van der Waals surface area (Å²) in [5.74, 6) is -0.252. The van der Waals surface area contributed by atoms with Crippen molar-refractivity contribution in [2.24, 2.45) is 0 Å². The van der Waals surface area contributed by atoms with E-state index in [0.29, 0.717) is 16.3 Å². The number of nitrogens with one attached hydrogen (secondary N) is 1. The molecule has 2 aromatic carbocycles. The molecule has 2 aromatic rings. The predicted octanol–water partition coefficient (Wildman–Crippen LogP) is 4.05. The van der Waals surface area contributed by atoms with Gasteiger partial charge in [-0.1, -0.05) is 41.9 Å². The molecule has 21 heavy (non-hydrogen) atoms. The number of benzene rings is 2. The van der Waals surface area contributed by atoms with Crippen LogP contribution in [0.5, 0.6) is 0 Å². The number of amides is 1. The molecule has 1 amide bonds. The third kappa shape index (κ3) is 4.45. The Morgan fingerprint density at radius 2 is 1.86 bits per heavy atom. The zero-order valence-corrected chi connectivity index (χ0v) is 12.3. The SMILES string of the molecule is CC(O)c1ccccc1NC(=O)C=Cc1ccc(Cl)cc1. The molecule has 0 heterocycles. The van der Waals surface area contributed by atoms with Crippen LogP contribution in [-0.4, -0.2) is 11.0 Å². The quantitative estimate of drug-likeness (QED) is 0.837. The second kappa shape index (κ2) is 7.07. The van der Waals surface area contributed by atoms with Gasteiger partial charge < -0.3 is 10.4 Å². The molecule has 0 radical (unpaired) electrons. The van der Waals surface area contributed by atoms with Gasteiger partial charge in [-0.05, 0) is 36.8 Å². The molecule has 0 aliphatic heterocycles. The lowest BCUT2D eigenvalue weighted by atomic mass is 10.1. The van der Waals surface area contributed by atoms with Crippen LogP contribution in [0.25, 0.3) is 6.08 Å². The molecule has 4 heteroatoms. The van der Waals surface area contributed by atoms with Gasteiger partial charge >= 0.3 is 0 Å². The Kier molecular flexibility index (Phi) is 5.14. The maximum atomic E-state index is 11.9. The number of aliphatic hydroxyl groups is 1. The number of para-hydroxylation sites is 1. The van der Waals surface area contributed by atoms with Crippen LogP contribution in [-0.2, 0) is 4.79 Å². The number of halogens is 1. The van der Waals surface area contributed by atoms with Crippen molar-refractivity contribution >= 4 is 29.3 Å². The monoisotopic (exact) mass is 301 g/mol. The number of aliphatic hydroxyl groups excluding tert-OH is 1. The van der Waals surface area contributed by atoms with Gasteiger partial charge in [-0.3, -0.25) is 4.79 Å². The first-order chi connectivity index (χ1) is 10.1. The lowest BCUT2D eigenvalue weighted by Gasteiger charge is -2.11. The summed E-state index contributed by atoms with van der Waals surface area (Å²) in [6, 6.07) is 14.4. The van der Waals surface area contributed by atoms with Crippen LogP contribution in [0, 0.1) is 0 Å². The highest BCUT2D eigenvalue weighted by Crippen LogP contribution is 2.22. The fourth-order valence-corrected chi connectivity index (χ4v) is 2.02. The standard InChI is InChI=1S/C17H16ClNO2/c1-12(20)15-4-2-3-5-16(15)19-17(21)11-8-13-6-9-14(18)10-7-13/h2-12,20H,1H3,(H,19,21). The Hall–Kier alpha value is -2.10. The number of anilines is 1. The number of rotatable bonds is 4. The van der Waals surface area contributed by atoms with Crippen molar-refractivity contribution < 1.29 is 9.90 Å². The largest absolute Gasteiger partial charge is 0.389 e. The van der Waals surface area contributed by atoms with E-state index in [1.54, 1.807) is 37.3 Å². The second-order valence-electron chi connectivity index (χ2n) is 4.64. The summed E-state index contributed by atoms with van der Waals surface area (Å²) in [6.45, 7) is 1.66. The molecule has 0 saturated heterocycles. The lowest BCUT2D eigenvalue weighted by molar-refractivity contribution is -0.111. The topological polar surface area (TPSA) is 49.3 Å². The van der Waals surface area contributed by atoms with E-state index in [0.717, 1.165) is 5.56 Å².